The SMILES string of the molecule is CC(C(=O)O)c1ccccc1.CN1C(=O)CN=C(c2ccccc2)c2cc(Cl)ccc21. The summed E-state index contributed by atoms with van der Waals surface area (Å²) in [6.07, 6.45) is 0. The second-order valence-electron chi connectivity index (χ2n) is 7.12. The van der Waals surface area contributed by atoms with Crippen LogP contribution >= 0.6 is 11.6 Å². The van der Waals surface area contributed by atoms with E-state index in [1.165, 1.54) is 0 Å². The van der Waals surface area contributed by atoms with Gasteiger partial charge in [-0.15, -0.1) is 0 Å². The lowest BCUT2D eigenvalue weighted by atomic mass is 10.0. The maximum atomic E-state index is 12.0. The van der Waals surface area contributed by atoms with Crippen molar-refractivity contribution < 1.29 is 14.7 Å². The second kappa shape index (κ2) is 10.0. The Morgan fingerprint density at radius 2 is 1.65 bits per heavy atom. The number of carbonyl (C=O) groups is 2. The van der Waals surface area contributed by atoms with Crippen LogP contribution in [0.25, 0.3) is 0 Å². The lowest BCUT2D eigenvalue weighted by Gasteiger charge is -2.18. The summed E-state index contributed by atoms with van der Waals surface area (Å²) in [5.74, 6) is -1.22. The molecular formula is C25H23ClN2O3. The number of hydrogen-bond acceptors (Lipinski definition) is 3. The first-order chi connectivity index (χ1) is 14.9. The first-order valence-electron chi connectivity index (χ1n) is 9.82. The molecule has 1 atom stereocenters. The van der Waals surface area contributed by atoms with Gasteiger partial charge in [0, 0.05) is 23.2 Å². The number of carboxylic acid groups (broad SMARTS) is 1. The molecule has 0 radical (unpaired) electrons. The number of carbonyl (C=O) groups excluding carboxylic acids is 1. The van der Waals surface area contributed by atoms with Gasteiger partial charge in [0.25, 0.3) is 0 Å². The Balaban J connectivity index is 0.000000210. The number of likely N-dealkylation sites (N-methyl/N-ethyl adjacent to an activating group) is 1. The van der Waals surface area contributed by atoms with Gasteiger partial charge in [-0.05, 0) is 30.7 Å². The summed E-state index contributed by atoms with van der Waals surface area (Å²) in [4.78, 5) is 28.6. The number of aliphatic imine (C=N–C) groups is 1. The van der Waals surface area contributed by atoms with Crippen molar-refractivity contribution in [2.75, 3.05) is 18.5 Å². The zero-order chi connectivity index (χ0) is 22.4. The second-order valence-corrected chi connectivity index (χ2v) is 7.55. The van der Waals surface area contributed by atoms with Crippen LogP contribution in [0.15, 0.2) is 83.9 Å². The zero-order valence-corrected chi connectivity index (χ0v) is 18.1. The van der Waals surface area contributed by atoms with Gasteiger partial charge in [0.2, 0.25) is 5.91 Å². The van der Waals surface area contributed by atoms with E-state index in [9.17, 15) is 9.59 Å². The van der Waals surface area contributed by atoms with E-state index >= 15 is 0 Å². The summed E-state index contributed by atoms with van der Waals surface area (Å²) >= 11 is 6.11. The Labute approximate surface area is 186 Å². The minimum Gasteiger partial charge on any atom is -0.481 e. The quantitative estimate of drug-likeness (QED) is 0.628. The molecule has 1 aliphatic heterocycles. The van der Waals surface area contributed by atoms with Crippen LogP contribution in [-0.2, 0) is 9.59 Å². The van der Waals surface area contributed by atoms with Crippen molar-refractivity contribution in [2.45, 2.75) is 12.8 Å². The molecule has 5 nitrogen and oxygen atoms in total. The molecule has 158 valence electrons. The van der Waals surface area contributed by atoms with Crippen molar-refractivity contribution in [3.8, 4) is 0 Å². The number of benzene rings is 3. The Hall–Kier alpha value is -3.44. The van der Waals surface area contributed by atoms with Crippen LogP contribution in [0.4, 0.5) is 5.69 Å². The van der Waals surface area contributed by atoms with E-state index in [0.717, 1.165) is 28.1 Å². The number of halogens is 1. The third-order valence-corrected chi connectivity index (χ3v) is 5.27. The van der Waals surface area contributed by atoms with E-state index in [1.54, 1.807) is 24.9 Å². The molecule has 0 bridgehead atoms. The number of hydrogen-bond donors (Lipinski definition) is 1. The first kappa shape index (κ1) is 22.2. The maximum Gasteiger partial charge on any atom is 0.310 e. The fourth-order valence-electron chi connectivity index (χ4n) is 3.19. The minimum atomic E-state index is -0.781. The van der Waals surface area contributed by atoms with Crippen molar-refractivity contribution in [3.63, 3.8) is 0 Å². The van der Waals surface area contributed by atoms with E-state index < -0.39 is 11.9 Å². The van der Waals surface area contributed by atoms with Crippen LogP contribution in [0.3, 0.4) is 0 Å². The molecule has 1 N–H and O–H groups in total. The number of aliphatic carboxylic acids is 1. The maximum absolute atomic E-state index is 12.0. The smallest absolute Gasteiger partial charge is 0.310 e. The molecule has 31 heavy (non-hydrogen) atoms. The van der Waals surface area contributed by atoms with Crippen molar-refractivity contribution in [2.24, 2.45) is 4.99 Å². The summed E-state index contributed by atoms with van der Waals surface area (Å²) in [6.45, 7) is 1.82. The molecule has 0 aromatic heterocycles. The molecule has 1 amide bonds. The highest BCUT2D eigenvalue weighted by molar-refractivity contribution is 6.32. The summed E-state index contributed by atoms with van der Waals surface area (Å²) in [5, 5.41) is 9.27. The van der Waals surface area contributed by atoms with Gasteiger partial charge >= 0.3 is 5.97 Å². The molecule has 3 aromatic carbocycles. The number of nitrogens with zero attached hydrogens (tertiary/aromatic N) is 2. The predicted molar refractivity (Wildman–Crippen MR) is 124 cm³/mol. The average molecular weight is 435 g/mol. The van der Waals surface area contributed by atoms with E-state index in [-0.39, 0.29) is 12.5 Å². The van der Waals surface area contributed by atoms with E-state index in [2.05, 4.69) is 4.99 Å². The van der Waals surface area contributed by atoms with Crippen LogP contribution in [0.5, 0.6) is 0 Å². The summed E-state index contributed by atoms with van der Waals surface area (Å²) in [6, 6.07) is 24.5. The van der Waals surface area contributed by atoms with Gasteiger partial charge < -0.3 is 10.0 Å². The lowest BCUT2D eigenvalue weighted by Crippen LogP contribution is -2.27. The molecule has 6 heteroatoms. The molecule has 1 aliphatic rings. The highest BCUT2D eigenvalue weighted by Gasteiger charge is 2.22. The average Bonchev–Trinajstić information content (AvgIpc) is 2.91. The Morgan fingerprint density at radius 1 is 1.03 bits per heavy atom. The third kappa shape index (κ3) is 5.38. The standard InChI is InChI=1S/C16H13ClN2O.C9H10O2/c1-19-14-8-7-12(17)9-13(14)16(18-10-15(19)20)11-5-3-2-4-6-11;1-7(9(10)11)8-5-3-2-4-6-8/h2-9H,10H2,1H3;2-7H,1H3,(H,10,11). The summed E-state index contributed by atoms with van der Waals surface area (Å²) in [7, 11) is 1.76. The number of carboxylic acids is 1. The van der Waals surface area contributed by atoms with E-state index in [0.29, 0.717) is 5.02 Å². The summed E-state index contributed by atoms with van der Waals surface area (Å²) in [5.41, 5.74) is 4.36. The van der Waals surface area contributed by atoms with Crippen LogP contribution in [0.1, 0.15) is 29.5 Å². The molecule has 0 saturated heterocycles. The van der Waals surface area contributed by atoms with Gasteiger partial charge in [-0.3, -0.25) is 14.6 Å². The molecule has 0 spiro atoms. The highest BCUT2D eigenvalue weighted by Crippen LogP contribution is 2.28. The highest BCUT2D eigenvalue weighted by atomic mass is 35.5. The number of rotatable bonds is 3. The van der Waals surface area contributed by atoms with Crippen molar-refractivity contribution in [1.82, 2.24) is 0 Å². The van der Waals surface area contributed by atoms with E-state index in [4.69, 9.17) is 16.7 Å². The molecule has 3 aromatic rings. The van der Waals surface area contributed by atoms with Gasteiger partial charge in [0.15, 0.2) is 0 Å². The number of anilines is 1. The zero-order valence-electron chi connectivity index (χ0n) is 17.3. The monoisotopic (exact) mass is 434 g/mol. The Kier molecular flexibility index (Phi) is 7.21. The fraction of sp³-hybridized carbons (Fsp3) is 0.160. The number of benzodiazepines with no additional fused rings is 1. The molecule has 0 fully saturated rings. The van der Waals surface area contributed by atoms with Crippen molar-refractivity contribution in [1.29, 1.82) is 0 Å². The molecule has 4 rings (SSSR count). The van der Waals surface area contributed by atoms with Crippen LogP contribution in [0.2, 0.25) is 5.02 Å². The third-order valence-electron chi connectivity index (χ3n) is 5.04. The van der Waals surface area contributed by atoms with Gasteiger partial charge in [-0.2, -0.15) is 0 Å². The number of amides is 1. The number of fused-ring (bicyclic) bond motifs is 1. The topological polar surface area (TPSA) is 70.0 Å². The van der Waals surface area contributed by atoms with Gasteiger partial charge in [-0.1, -0.05) is 72.3 Å². The van der Waals surface area contributed by atoms with Gasteiger partial charge in [0.1, 0.15) is 6.54 Å². The molecule has 1 unspecified atom stereocenters. The fourth-order valence-corrected chi connectivity index (χ4v) is 3.36. The lowest BCUT2D eigenvalue weighted by molar-refractivity contribution is -0.138. The van der Waals surface area contributed by atoms with Gasteiger partial charge in [-0.25, -0.2) is 0 Å². The summed E-state index contributed by atoms with van der Waals surface area (Å²) < 4.78 is 0. The van der Waals surface area contributed by atoms with E-state index in [1.807, 2.05) is 72.8 Å². The van der Waals surface area contributed by atoms with Crippen molar-refractivity contribution >= 4 is 34.9 Å². The first-order valence-corrected chi connectivity index (χ1v) is 10.2. The Morgan fingerprint density at radius 3 is 2.26 bits per heavy atom. The minimum absolute atomic E-state index is 0.0282. The normalized spacial score (nSPS) is 13.8. The largest absolute Gasteiger partial charge is 0.481 e. The van der Waals surface area contributed by atoms with Gasteiger partial charge in [0.05, 0.1) is 17.3 Å². The van der Waals surface area contributed by atoms with Crippen molar-refractivity contribution in [3.05, 3.63) is 101 Å². The van der Waals surface area contributed by atoms with Crippen LogP contribution in [-0.4, -0.2) is 36.3 Å². The molecule has 0 aliphatic carbocycles. The molecule has 1 heterocycles. The Bertz CT molecular complexity index is 1100. The van der Waals surface area contributed by atoms with Crippen LogP contribution < -0.4 is 4.90 Å². The van der Waals surface area contributed by atoms with Crippen LogP contribution in [0, 0.1) is 0 Å². The molecular weight excluding hydrogens is 412 g/mol. The predicted octanol–water partition coefficient (Wildman–Crippen LogP) is 5.03. The molecule has 0 saturated carbocycles.